The molecule has 1 amide bonds. The van der Waals surface area contributed by atoms with Crippen molar-refractivity contribution in [3.63, 3.8) is 0 Å². The Morgan fingerprint density at radius 1 is 1.32 bits per heavy atom. The van der Waals surface area contributed by atoms with Gasteiger partial charge in [-0.1, -0.05) is 0 Å². The van der Waals surface area contributed by atoms with E-state index in [1.54, 1.807) is 21.1 Å². The van der Waals surface area contributed by atoms with E-state index in [-0.39, 0.29) is 6.09 Å². The van der Waals surface area contributed by atoms with Gasteiger partial charge < -0.3 is 19.5 Å². The van der Waals surface area contributed by atoms with Gasteiger partial charge in [0, 0.05) is 12.5 Å². The molecule has 1 unspecified atom stereocenters. The first-order chi connectivity index (χ1) is 9.19. The van der Waals surface area contributed by atoms with Crippen LogP contribution in [0.2, 0.25) is 0 Å². The van der Waals surface area contributed by atoms with Crippen molar-refractivity contribution in [1.82, 2.24) is 5.32 Å². The lowest BCUT2D eigenvalue weighted by atomic mass is 9.77. The van der Waals surface area contributed by atoms with Crippen LogP contribution in [0, 0.1) is 0 Å². The summed E-state index contributed by atoms with van der Waals surface area (Å²) in [7, 11) is 3.25. The summed E-state index contributed by atoms with van der Waals surface area (Å²) < 4.78 is 15.4. The lowest BCUT2D eigenvalue weighted by molar-refractivity contribution is 0.151. The van der Waals surface area contributed by atoms with Crippen molar-refractivity contribution in [2.24, 2.45) is 0 Å². The molecule has 1 aliphatic rings. The molecule has 0 radical (unpaired) electrons. The van der Waals surface area contributed by atoms with Crippen LogP contribution in [-0.4, -0.2) is 33.5 Å². The maximum atomic E-state index is 11.2. The second kappa shape index (κ2) is 5.82. The lowest BCUT2D eigenvalue weighted by Gasteiger charge is -2.31. The van der Waals surface area contributed by atoms with Crippen LogP contribution in [0.5, 0.6) is 11.5 Å². The van der Waals surface area contributed by atoms with Crippen molar-refractivity contribution < 1.29 is 19.0 Å². The van der Waals surface area contributed by atoms with Gasteiger partial charge in [0.1, 0.15) is 0 Å². The molecule has 1 N–H and O–H groups in total. The van der Waals surface area contributed by atoms with Crippen LogP contribution < -0.4 is 14.8 Å². The topological polar surface area (TPSA) is 56.8 Å². The van der Waals surface area contributed by atoms with E-state index in [1.165, 1.54) is 11.1 Å². The van der Waals surface area contributed by atoms with Crippen molar-refractivity contribution in [2.75, 3.05) is 27.4 Å². The molecule has 0 aromatic heterocycles. The van der Waals surface area contributed by atoms with Gasteiger partial charge >= 0.3 is 6.09 Å². The average Bonchev–Trinajstić information content (AvgIpc) is 2.39. The quantitative estimate of drug-likeness (QED) is 0.885. The number of carbonyl (C=O) groups is 1. The van der Waals surface area contributed by atoms with Crippen LogP contribution in [0.3, 0.4) is 0 Å². The highest BCUT2D eigenvalue weighted by atomic mass is 16.5. The number of amides is 1. The predicted molar refractivity (Wildman–Crippen MR) is 71.0 cm³/mol. The normalized spacial score (nSPS) is 16.1. The van der Waals surface area contributed by atoms with E-state index >= 15 is 0 Å². The molecule has 1 aliphatic carbocycles. The van der Waals surface area contributed by atoms with Crippen molar-refractivity contribution in [3.8, 4) is 11.5 Å². The van der Waals surface area contributed by atoms with Crippen LogP contribution >= 0.6 is 0 Å². The largest absolute Gasteiger partial charge is 0.493 e. The molecule has 0 spiro atoms. The van der Waals surface area contributed by atoms with E-state index in [9.17, 15) is 4.79 Å². The summed E-state index contributed by atoms with van der Waals surface area (Å²) in [4.78, 5) is 11.2. The van der Waals surface area contributed by atoms with Gasteiger partial charge in [0.05, 0.1) is 20.8 Å². The first kappa shape index (κ1) is 13.5. The minimum atomic E-state index is -0.364. The Balaban J connectivity index is 2.00. The Hall–Kier alpha value is -1.91. The van der Waals surface area contributed by atoms with Crippen LogP contribution in [-0.2, 0) is 11.2 Å². The summed E-state index contributed by atoms with van der Waals surface area (Å²) in [5.74, 6) is 1.79. The fourth-order valence-corrected chi connectivity index (χ4v) is 2.31. The van der Waals surface area contributed by atoms with Crippen molar-refractivity contribution >= 4 is 6.09 Å². The minimum Gasteiger partial charge on any atom is -0.493 e. The number of hydrogen-bond donors (Lipinski definition) is 1. The number of carbonyl (C=O) groups excluding carboxylic acids is 1. The maximum Gasteiger partial charge on any atom is 0.407 e. The molecule has 0 fully saturated rings. The first-order valence-corrected chi connectivity index (χ1v) is 6.35. The van der Waals surface area contributed by atoms with Gasteiger partial charge in [0.15, 0.2) is 11.5 Å². The number of alkyl carbamates (subject to hydrolysis) is 1. The number of methoxy groups -OCH3 is 2. The average molecular weight is 265 g/mol. The van der Waals surface area contributed by atoms with Crippen LogP contribution in [0.4, 0.5) is 4.79 Å². The predicted octanol–water partition coefficient (Wildman–Crippen LogP) is 2.09. The molecule has 2 rings (SSSR count). The van der Waals surface area contributed by atoms with E-state index in [1.807, 2.05) is 12.1 Å². The molecule has 1 aromatic rings. The van der Waals surface area contributed by atoms with Crippen molar-refractivity contribution in [1.29, 1.82) is 0 Å². The number of rotatable bonds is 5. The summed E-state index contributed by atoms with van der Waals surface area (Å²) in [5, 5.41) is 2.76. The van der Waals surface area contributed by atoms with E-state index in [4.69, 9.17) is 14.2 Å². The van der Waals surface area contributed by atoms with Crippen LogP contribution in [0.1, 0.15) is 24.0 Å². The summed E-state index contributed by atoms with van der Waals surface area (Å²) in [6.07, 6.45) is 0.568. The zero-order valence-electron chi connectivity index (χ0n) is 11.5. The Bertz CT molecular complexity index is 473. The van der Waals surface area contributed by atoms with E-state index in [0.29, 0.717) is 19.1 Å². The first-order valence-electron chi connectivity index (χ1n) is 6.35. The standard InChI is InChI=1S/C14H19NO4/c1-4-19-14(16)15-8-10-5-9-6-12(17-2)13(18-3)7-11(9)10/h6-7,10H,4-5,8H2,1-3H3,(H,15,16). The third-order valence-electron chi connectivity index (χ3n) is 3.32. The second-order valence-corrected chi connectivity index (χ2v) is 4.41. The highest BCUT2D eigenvalue weighted by Crippen LogP contribution is 2.41. The van der Waals surface area contributed by atoms with Gasteiger partial charge in [0.2, 0.25) is 0 Å². The van der Waals surface area contributed by atoms with Crippen molar-refractivity contribution in [3.05, 3.63) is 23.3 Å². The molecular formula is C14H19NO4. The molecule has 5 heteroatoms. The molecule has 5 nitrogen and oxygen atoms in total. The summed E-state index contributed by atoms with van der Waals surface area (Å²) >= 11 is 0. The van der Waals surface area contributed by atoms with Gasteiger partial charge in [-0.15, -0.1) is 0 Å². The Labute approximate surface area is 112 Å². The smallest absolute Gasteiger partial charge is 0.407 e. The molecule has 0 saturated carbocycles. The van der Waals surface area contributed by atoms with E-state index < -0.39 is 0 Å². The molecule has 0 saturated heterocycles. The highest BCUT2D eigenvalue weighted by Gasteiger charge is 2.28. The second-order valence-electron chi connectivity index (χ2n) is 4.41. The van der Waals surface area contributed by atoms with Crippen LogP contribution in [0.25, 0.3) is 0 Å². The summed E-state index contributed by atoms with van der Waals surface area (Å²) in [6.45, 7) is 2.76. The summed E-state index contributed by atoms with van der Waals surface area (Å²) in [6, 6.07) is 3.98. The molecule has 1 atom stereocenters. The Kier molecular flexibility index (Phi) is 4.14. The van der Waals surface area contributed by atoms with Gasteiger partial charge in [0.25, 0.3) is 0 Å². The van der Waals surface area contributed by atoms with E-state index in [0.717, 1.165) is 17.9 Å². The highest BCUT2D eigenvalue weighted by molar-refractivity contribution is 5.67. The van der Waals surface area contributed by atoms with Gasteiger partial charge in [-0.25, -0.2) is 4.79 Å². The summed E-state index contributed by atoms with van der Waals surface area (Å²) in [5.41, 5.74) is 2.45. The molecule has 0 bridgehead atoms. The molecule has 104 valence electrons. The zero-order chi connectivity index (χ0) is 13.8. The Morgan fingerprint density at radius 3 is 2.63 bits per heavy atom. The van der Waals surface area contributed by atoms with Gasteiger partial charge in [-0.05, 0) is 36.6 Å². The van der Waals surface area contributed by atoms with Crippen LogP contribution in [0.15, 0.2) is 12.1 Å². The molecule has 0 aliphatic heterocycles. The fraction of sp³-hybridized carbons (Fsp3) is 0.500. The minimum absolute atomic E-state index is 0.319. The number of nitrogens with one attached hydrogen (secondary N) is 1. The molecule has 19 heavy (non-hydrogen) atoms. The monoisotopic (exact) mass is 265 g/mol. The fourth-order valence-electron chi connectivity index (χ4n) is 2.31. The zero-order valence-corrected chi connectivity index (χ0v) is 11.5. The van der Waals surface area contributed by atoms with Gasteiger partial charge in [-0.2, -0.15) is 0 Å². The number of ether oxygens (including phenoxy) is 3. The molecule has 1 aromatic carbocycles. The molecular weight excluding hydrogens is 246 g/mol. The number of fused-ring (bicyclic) bond motifs is 1. The third-order valence-corrected chi connectivity index (χ3v) is 3.32. The van der Waals surface area contributed by atoms with Gasteiger partial charge in [-0.3, -0.25) is 0 Å². The molecule has 0 heterocycles. The Morgan fingerprint density at radius 2 is 2.00 bits per heavy atom. The number of hydrogen-bond acceptors (Lipinski definition) is 4. The SMILES string of the molecule is CCOC(=O)NCC1Cc2cc(OC)c(OC)cc21. The maximum absolute atomic E-state index is 11.2. The number of benzene rings is 1. The lowest BCUT2D eigenvalue weighted by Crippen LogP contribution is -2.33. The third kappa shape index (κ3) is 2.75. The van der Waals surface area contributed by atoms with Crippen molar-refractivity contribution in [2.45, 2.75) is 19.3 Å². The van der Waals surface area contributed by atoms with E-state index in [2.05, 4.69) is 5.32 Å².